The minimum Gasteiger partial charge on any atom is -0.390 e. The van der Waals surface area contributed by atoms with Gasteiger partial charge in [-0.25, -0.2) is 0 Å². The van der Waals surface area contributed by atoms with Crippen LogP contribution in [0.2, 0.25) is 0 Å². The first-order valence-electron chi connectivity index (χ1n) is 11.2. The lowest BCUT2D eigenvalue weighted by atomic mass is 9.77. The molecule has 4 rings (SSSR count). The summed E-state index contributed by atoms with van der Waals surface area (Å²) < 4.78 is 0. The van der Waals surface area contributed by atoms with Gasteiger partial charge in [0, 0.05) is 30.1 Å². The SMILES string of the molecule is C[C@H](NC(=O)c1ccc2c(c1)CN(C1CCC(=O)CC1=O)C2=O)C1CCC(C)(O)CC1. The maximum Gasteiger partial charge on any atom is 0.255 e. The first-order chi connectivity index (χ1) is 14.6. The molecule has 0 aromatic heterocycles. The van der Waals surface area contributed by atoms with Crippen LogP contribution in [0.3, 0.4) is 0 Å². The normalized spacial score (nSPS) is 29.6. The second kappa shape index (κ2) is 8.19. The second-order valence-corrected chi connectivity index (χ2v) is 9.64. The van der Waals surface area contributed by atoms with Gasteiger partial charge in [-0.3, -0.25) is 19.2 Å². The molecule has 1 heterocycles. The number of rotatable bonds is 4. The summed E-state index contributed by atoms with van der Waals surface area (Å²) in [5.74, 6) is -0.332. The van der Waals surface area contributed by atoms with Crippen LogP contribution in [-0.2, 0) is 16.1 Å². The van der Waals surface area contributed by atoms with Crippen molar-refractivity contribution in [1.82, 2.24) is 10.2 Å². The summed E-state index contributed by atoms with van der Waals surface area (Å²) in [5, 5.41) is 13.2. The Hall–Kier alpha value is -2.54. The van der Waals surface area contributed by atoms with E-state index in [0.717, 1.165) is 31.2 Å². The van der Waals surface area contributed by atoms with E-state index in [-0.39, 0.29) is 42.4 Å². The number of fused-ring (bicyclic) bond motifs is 1. The third kappa shape index (κ3) is 4.42. The van der Waals surface area contributed by atoms with Crippen LogP contribution in [0.1, 0.15) is 85.1 Å². The van der Waals surface area contributed by atoms with E-state index < -0.39 is 11.6 Å². The second-order valence-electron chi connectivity index (χ2n) is 9.64. The van der Waals surface area contributed by atoms with E-state index in [0.29, 0.717) is 29.9 Å². The quantitative estimate of drug-likeness (QED) is 0.720. The molecule has 2 atom stereocenters. The molecule has 0 radical (unpaired) electrons. The molecule has 7 heteroatoms. The van der Waals surface area contributed by atoms with Crippen LogP contribution in [0, 0.1) is 5.92 Å². The van der Waals surface area contributed by atoms with Gasteiger partial charge in [-0.05, 0) is 75.6 Å². The predicted octanol–water partition coefficient (Wildman–Crippen LogP) is 2.39. The van der Waals surface area contributed by atoms with Crippen molar-refractivity contribution in [3.05, 3.63) is 34.9 Å². The molecule has 1 aromatic rings. The number of benzene rings is 1. The van der Waals surface area contributed by atoms with Crippen LogP contribution in [0.4, 0.5) is 0 Å². The van der Waals surface area contributed by atoms with Crippen molar-refractivity contribution < 1.29 is 24.3 Å². The van der Waals surface area contributed by atoms with Gasteiger partial charge in [0.05, 0.1) is 18.1 Å². The number of amides is 2. The number of hydrogen-bond acceptors (Lipinski definition) is 5. The Morgan fingerprint density at radius 2 is 1.90 bits per heavy atom. The average Bonchev–Trinajstić information content (AvgIpc) is 3.03. The number of aliphatic hydroxyl groups is 1. The molecule has 1 unspecified atom stereocenters. The summed E-state index contributed by atoms with van der Waals surface area (Å²) in [6.07, 6.45) is 3.81. The lowest BCUT2D eigenvalue weighted by Crippen LogP contribution is -2.44. The van der Waals surface area contributed by atoms with E-state index in [1.807, 2.05) is 13.8 Å². The third-order valence-corrected chi connectivity index (χ3v) is 7.19. The van der Waals surface area contributed by atoms with Gasteiger partial charge in [-0.2, -0.15) is 0 Å². The summed E-state index contributed by atoms with van der Waals surface area (Å²) >= 11 is 0. The Morgan fingerprint density at radius 1 is 1.19 bits per heavy atom. The Morgan fingerprint density at radius 3 is 2.58 bits per heavy atom. The molecule has 1 aliphatic heterocycles. The molecule has 2 aliphatic carbocycles. The molecule has 2 fully saturated rings. The Kier molecular flexibility index (Phi) is 5.73. The van der Waals surface area contributed by atoms with Crippen LogP contribution in [0.15, 0.2) is 18.2 Å². The number of hydrogen-bond donors (Lipinski definition) is 2. The maximum absolute atomic E-state index is 12.8. The zero-order chi connectivity index (χ0) is 22.3. The van der Waals surface area contributed by atoms with Gasteiger partial charge < -0.3 is 15.3 Å². The van der Waals surface area contributed by atoms with Crippen LogP contribution in [0.5, 0.6) is 0 Å². The first kappa shape index (κ1) is 21.7. The van der Waals surface area contributed by atoms with Crippen molar-refractivity contribution in [3.63, 3.8) is 0 Å². The van der Waals surface area contributed by atoms with E-state index in [2.05, 4.69) is 5.32 Å². The van der Waals surface area contributed by atoms with Crippen molar-refractivity contribution >= 4 is 23.4 Å². The van der Waals surface area contributed by atoms with Gasteiger partial charge >= 0.3 is 0 Å². The molecule has 2 saturated carbocycles. The zero-order valence-electron chi connectivity index (χ0n) is 18.1. The minimum atomic E-state index is -0.606. The van der Waals surface area contributed by atoms with E-state index in [9.17, 15) is 24.3 Å². The molecule has 1 aromatic carbocycles. The summed E-state index contributed by atoms with van der Waals surface area (Å²) in [5.41, 5.74) is 1.15. The smallest absolute Gasteiger partial charge is 0.255 e. The Bertz CT molecular complexity index is 928. The number of Topliss-reactive ketones (excluding diaryl/α,β-unsaturated/α-hetero) is 2. The van der Waals surface area contributed by atoms with Crippen LogP contribution in [-0.4, -0.2) is 51.1 Å². The number of nitrogens with one attached hydrogen (secondary N) is 1. The highest BCUT2D eigenvalue weighted by molar-refractivity contribution is 6.08. The predicted molar refractivity (Wildman–Crippen MR) is 113 cm³/mol. The molecule has 7 nitrogen and oxygen atoms in total. The van der Waals surface area contributed by atoms with Crippen molar-refractivity contribution in [2.24, 2.45) is 5.92 Å². The molecule has 2 N–H and O–H groups in total. The van der Waals surface area contributed by atoms with Crippen molar-refractivity contribution in [3.8, 4) is 0 Å². The van der Waals surface area contributed by atoms with Gasteiger partial charge in [0.15, 0.2) is 5.78 Å². The summed E-state index contributed by atoms with van der Waals surface area (Å²) in [4.78, 5) is 51.0. The lowest BCUT2D eigenvalue weighted by Gasteiger charge is -2.36. The fourth-order valence-corrected chi connectivity index (χ4v) is 5.10. The van der Waals surface area contributed by atoms with Gasteiger partial charge in [0.1, 0.15) is 5.78 Å². The lowest BCUT2D eigenvalue weighted by molar-refractivity contribution is -0.133. The molecular formula is C24H30N2O5. The fourth-order valence-electron chi connectivity index (χ4n) is 5.10. The number of carbonyl (C=O) groups is 4. The summed E-state index contributed by atoms with van der Waals surface area (Å²) in [6.45, 7) is 4.14. The zero-order valence-corrected chi connectivity index (χ0v) is 18.1. The number of nitrogens with zero attached hydrogens (tertiary/aromatic N) is 1. The summed E-state index contributed by atoms with van der Waals surface area (Å²) in [6, 6.07) is 4.48. The molecule has 3 aliphatic rings. The standard InChI is InChI=1S/C24H30N2O5/c1-14(15-7-9-24(2,31)10-8-15)25-22(29)16-3-5-19-17(11-16)13-26(23(19)30)20-6-4-18(27)12-21(20)28/h3,5,11,14-15,20,31H,4,6-10,12-13H2,1-2H3,(H,25,29)/t14-,15?,20?,24?/m0/s1. The monoisotopic (exact) mass is 426 g/mol. The first-order valence-corrected chi connectivity index (χ1v) is 11.2. The third-order valence-electron chi connectivity index (χ3n) is 7.19. The van der Waals surface area contributed by atoms with Gasteiger partial charge in [0.2, 0.25) is 0 Å². The van der Waals surface area contributed by atoms with E-state index in [1.54, 1.807) is 18.2 Å². The van der Waals surface area contributed by atoms with Gasteiger partial charge in [-0.15, -0.1) is 0 Å². The van der Waals surface area contributed by atoms with E-state index in [1.165, 1.54) is 4.90 Å². The number of carbonyl (C=O) groups excluding carboxylic acids is 4. The molecule has 0 spiro atoms. The molecule has 0 saturated heterocycles. The summed E-state index contributed by atoms with van der Waals surface area (Å²) in [7, 11) is 0. The molecule has 2 amide bonds. The fraction of sp³-hybridized carbons (Fsp3) is 0.583. The average molecular weight is 427 g/mol. The largest absolute Gasteiger partial charge is 0.390 e. The molecule has 31 heavy (non-hydrogen) atoms. The highest BCUT2D eigenvalue weighted by Gasteiger charge is 2.39. The molecular weight excluding hydrogens is 396 g/mol. The Balaban J connectivity index is 1.41. The van der Waals surface area contributed by atoms with Gasteiger partial charge in [-0.1, -0.05) is 0 Å². The van der Waals surface area contributed by atoms with Crippen LogP contribution in [0.25, 0.3) is 0 Å². The highest BCUT2D eigenvalue weighted by atomic mass is 16.3. The van der Waals surface area contributed by atoms with Crippen LogP contribution < -0.4 is 5.32 Å². The van der Waals surface area contributed by atoms with E-state index in [4.69, 9.17) is 0 Å². The van der Waals surface area contributed by atoms with Crippen molar-refractivity contribution in [1.29, 1.82) is 0 Å². The highest BCUT2D eigenvalue weighted by Crippen LogP contribution is 2.34. The maximum atomic E-state index is 12.8. The van der Waals surface area contributed by atoms with E-state index >= 15 is 0 Å². The topological polar surface area (TPSA) is 104 Å². The molecule has 166 valence electrons. The van der Waals surface area contributed by atoms with Crippen molar-refractivity contribution in [2.45, 2.75) is 83.0 Å². The van der Waals surface area contributed by atoms with Gasteiger partial charge in [0.25, 0.3) is 11.8 Å². The molecule has 0 bridgehead atoms. The Labute approximate surface area is 182 Å². The minimum absolute atomic E-state index is 0.00705. The number of ketones is 2. The van der Waals surface area contributed by atoms with Crippen LogP contribution >= 0.6 is 0 Å². The van der Waals surface area contributed by atoms with Crippen molar-refractivity contribution in [2.75, 3.05) is 0 Å².